The van der Waals surface area contributed by atoms with Gasteiger partial charge in [0.15, 0.2) is 5.65 Å². The van der Waals surface area contributed by atoms with Crippen LogP contribution in [0.3, 0.4) is 0 Å². The van der Waals surface area contributed by atoms with Crippen molar-refractivity contribution in [3.63, 3.8) is 0 Å². The van der Waals surface area contributed by atoms with Gasteiger partial charge in [0.2, 0.25) is 0 Å². The van der Waals surface area contributed by atoms with Crippen molar-refractivity contribution in [2.24, 2.45) is 7.05 Å². The topological polar surface area (TPSA) is 42.7 Å². The molecule has 2 atom stereocenters. The highest BCUT2D eigenvalue weighted by atomic mass is 32.2. The van der Waals surface area contributed by atoms with Crippen molar-refractivity contribution >= 4 is 22.8 Å². The van der Waals surface area contributed by atoms with E-state index in [1.807, 2.05) is 36.6 Å². The van der Waals surface area contributed by atoms with Crippen LogP contribution in [0.2, 0.25) is 0 Å². The van der Waals surface area contributed by atoms with E-state index < -0.39 is 0 Å². The molecule has 2 heterocycles. The van der Waals surface area contributed by atoms with Crippen LogP contribution in [0.4, 0.5) is 0 Å². The maximum absolute atomic E-state index is 4.54. The number of hydrogen-bond donors (Lipinski definition) is 1. The van der Waals surface area contributed by atoms with Gasteiger partial charge in [0.1, 0.15) is 0 Å². The maximum atomic E-state index is 4.54. The largest absolute Gasteiger partial charge is 0.309 e. The third-order valence-electron chi connectivity index (χ3n) is 4.24. The predicted molar refractivity (Wildman–Crippen MR) is 85.0 cm³/mol. The Kier molecular flexibility index (Phi) is 3.98. The first-order chi connectivity index (χ1) is 9.69. The molecule has 0 aliphatic heterocycles. The van der Waals surface area contributed by atoms with Gasteiger partial charge < -0.3 is 5.32 Å². The molecule has 0 bridgehead atoms. The van der Waals surface area contributed by atoms with Gasteiger partial charge in [-0.1, -0.05) is 6.42 Å². The Morgan fingerprint density at radius 1 is 1.45 bits per heavy atom. The number of nitrogens with zero attached hydrogens (tertiary/aromatic N) is 3. The lowest BCUT2D eigenvalue weighted by molar-refractivity contribution is 0.532. The first-order valence-electron chi connectivity index (χ1n) is 7.23. The molecule has 1 fully saturated rings. The van der Waals surface area contributed by atoms with E-state index in [9.17, 15) is 0 Å². The molecular weight excluding hydrogens is 268 g/mol. The maximum Gasteiger partial charge on any atom is 0.157 e. The zero-order chi connectivity index (χ0) is 14.1. The summed E-state index contributed by atoms with van der Waals surface area (Å²) in [7, 11) is 1.95. The van der Waals surface area contributed by atoms with Crippen LogP contribution in [0.1, 0.15) is 30.5 Å². The second-order valence-corrected chi connectivity index (χ2v) is 6.69. The monoisotopic (exact) mass is 290 g/mol. The number of rotatable bonds is 4. The van der Waals surface area contributed by atoms with Crippen molar-refractivity contribution in [2.45, 2.75) is 44.0 Å². The van der Waals surface area contributed by atoms with Crippen LogP contribution in [0.5, 0.6) is 0 Å². The molecule has 0 aromatic carbocycles. The Bertz CT molecular complexity index is 607. The average molecular weight is 290 g/mol. The summed E-state index contributed by atoms with van der Waals surface area (Å²) in [5, 5.41) is 10.1. The minimum absolute atomic E-state index is 0.649. The van der Waals surface area contributed by atoms with Gasteiger partial charge in [-0.15, -0.1) is 0 Å². The number of nitrogens with one attached hydrogen (secondary N) is 1. The van der Waals surface area contributed by atoms with Crippen molar-refractivity contribution in [3.8, 4) is 0 Å². The van der Waals surface area contributed by atoms with E-state index in [2.05, 4.69) is 27.7 Å². The lowest BCUT2D eigenvalue weighted by Gasteiger charge is -2.19. The Balaban J connectivity index is 1.73. The first kappa shape index (κ1) is 13.9. The Labute approximate surface area is 124 Å². The highest BCUT2D eigenvalue weighted by molar-refractivity contribution is 7.99. The lowest BCUT2D eigenvalue weighted by Crippen LogP contribution is -2.33. The SMILES string of the molecule is CSC1CCCC1NCc1cnc2c(c1)c(C)nn2C. The Morgan fingerprint density at radius 2 is 2.30 bits per heavy atom. The molecule has 0 amide bonds. The predicted octanol–water partition coefficient (Wildman–Crippen LogP) is 2.65. The summed E-state index contributed by atoms with van der Waals surface area (Å²) in [6.45, 7) is 2.95. The third-order valence-corrected chi connectivity index (χ3v) is 5.41. The van der Waals surface area contributed by atoms with Gasteiger partial charge in [-0.25, -0.2) is 4.98 Å². The van der Waals surface area contributed by atoms with E-state index in [4.69, 9.17) is 0 Å². The fourth-order valence-electron chi connectivity index (χ4n) is 3.14. The molecule has 5 heteroatoms. The Morgan fingerprint density at radius 3 is 3.10 bits per heavy atom. The van der Waals surface area contributed by atoms with E-state index in [0.29, 0.717) is 6.04 Å². The fraction of sp³-hybridized carbons (Fsp3) is 0.600. The molecule has 3 rings (SSSR count). The number of pyridine rings is 1. The van der Waals surface area contributed by atoms with Crippen molar-refractivity contribution in [1.29, 1.82) is 0 Å². The van der Waals surface area contributed by atoms with Gasteiger partial charge in [0, 0.05) is 36.5 Å². The second kappa shape index (κ2) is 5.74. The van der Waals surface area contributed by atoms with Crippen LogP contribution in [0.15, 0.2) is 12.3 Å². The van der Waals surface area contributed by atoms with Gasteiger partial charge >= 0.3 is 0 Å². The fourth-order valence-corrected chi connectivity index (χ4v) is 4.10. The molecule has 1 saturated carbocycles. The van der Waals surface area contributed by atoms with Crippen molar-refractivity contribution in [1.82, 2.24) is 20.1 Å². The van der Waals surface area contributed by atoms with E-state index >= 15 is 0 Å². The molecule has 0 saturated heterocycles. The van der Waals surface area contributed by atoms with Gasteiger partial charge in [-0.05, 0) is 37.7 Å². The molecule has 1 aliphatic carbocycles. The number of hydrogen-bond acceptors (Lipinski definition) is 4. The van der Waals surface area contributed by atoms with Crippen LogP contribution < -0.4 is 5.32 Å². The average Bonchev–Trinajstić information content (AvgIpc) is 3.02. The molecule has 2 aromatic heterocycles. The summed E-state index contributed by atoms with van der Waals surface area (Å²) in [6, 6.07) is 2.87. The highest BCUT2D eigenvalue weighted by Gasteiger charge is 2.25. The highest BCUT2D eigenvalue weighted by Crippen LogP contribution is 2.28. The summed E-state index contributed by atoms with van der Waals surface area (Å²) in [4.78, 5) is 4.54. The quantitative estimate of drug-likeness (QED) is 0.940. The van der Waals surface area contributed by atoms with E-state index in [-0.39, 0.29) is 0 Å². The smallest absolute Gasteiger partial charge is 0.157 e. The number of aromatic nitrogens is 3. The molecular formula is C15H22N4S. The van der Waals surface area contributed by atoms with Gasteiger partial charge in [0.05, 0.1) is 5.69 Å². The number of fused-ring (bicyclic) bond motifs is 1. The third kappa shape index (κ3) is 2.56. The van der Waals surface area contributed by atoms with Gasteiger partial charge in [-0.2, -0.15) is 16.9 Å². The molecule has 2 aromatic rings. The van der Waals surface area contributed by atoms with E-state index in [1.165, 1.54) is 30.2 Å². The molecule has 0 radical (unpaired) electrons. The van der Waals surface area contributed by atoms with Gasteiger partial charge in [0.25, 0.3) is 0 Å². The molecule has 4 nitrogen and oxygen atoms in total. The van der Waals surface area contributed by atoms with Crippen molar-refractivity contribution in [3.05, 3.63) is 23.5 Å². The van der Waals surface area contributed by atoms with Gasteiger partial charge in [-0.3, -0.25) is 4.68 Å². The number of aryl methyl sites for hydroxylation is 2. The second-order valence-electron chi connectivity index (χ2n) is 5.62. The zero-order valence-corrected chi connectivity index (χ0v) is 13.2. The summed E-state index contributed by atoms with van der Waals surface area (Å²) in [6.07, 6.45) is 8.18. The zero-order valence-electron chi connectivity index (χ0n) is 12.4. The molecule has 0 spiro atoms. The summed E-state index contributed by atoms with van der Waals surface area (Å²) >= 11 is 1.99. The van der Waals surface area contributed by atoms with Crippen molar-refractivity contribution < 1.29 is 0 Å². The normalized spacial score (nSPS) is 22.8. The molecule has 108 valence electrons. The van der Waals surface area contributed by atoms with E-state index in [0.717, 1.165) is 23.1 Å². The van der Waals surface area contributed by atoms with E-state index in [1.54, 1.807) is 0 Å². The first-order valence-corrected chi connectivity index (χ1v) is 8.52. The van der Waals surface area contributed by atoms with Crippen LogP contribution in [-0.4, -0.2) is 32.3 Å². The molecule has 1 N–H and O–H groups in total. The number of thioether (sulfide) groups is 1. The minimum atomic E-state index is 0.649. The molecule has 2 unspecified atom stereocenters. The summed E-state index contributed by atoms with van der Waals surface area (Å²) in [5.74, 6) is 0. The summed E-state index contributed by atoms with van der Waals surface area (Å²) < 4.78 is 1.85. The Hall–Kier alpha value is -1.07. The van der Waals surface area contributed by atoms with Crippen LogP contribution in [-0.2, 0) is 13.6 Å². The standard InChI is InChI=1S/C15H22N4S/c1-10-12-7-11(9-17-15(12)19(2)18-10)8-16-13-5-4-6-14(13)20-3/h7,9,13-14,16H,4-6,8H2,1-3H3. The summed E-state index contributed by atoms with van der Waals surface area (Å²) in [5.41, 5.74) is 3.27. The van der Waals surface area contributed by atoms with Crippen molar-refractivity contribution in [2.75, 3.05) is 6.26 Å². The minimum Gasteiger partial charge on any atom is -0.309 e. The molecule has 20 heavy (non-hydrogen) atoms. The molecule has 1 aliphatic rings. The van der Waals surface area contributed by atoms with Crippen LogP contribution >= 0.6 is 11.8 Å². The van der Waals surface area contributed by atoms with Crippen LogP contribution in [0.25, 0.3) is 11.0 Å². The van der Waals surface area contributed by atoms with Crippen LogP contribution in [0, 0.1) is 6.92 Å². The lowest BCUT2D eigenvalue weighted by atomic mass is 10.2.